The highest BCUT2D eigenvalue weighted by Crippen LogP contribution is 2.29. The van der Waals surface area contributed by atoms with E-state index in [2.05, 4.69) is 19.9 Å². The van der Waals surface area contributed by atoms with Crippen LogP contribution in [0.15, 0.2) is 11.6 Å². The van der Waals surface area contributed by atoms with E-state index in [1.54, 1.807) is 0 Å². The molecule has 0 saturated heterocycles. The van der Waals surface area contributed by atoms with Gasteiger partial charge in [-0.25, -0.2) is 0 Å². The number of hydrogen-bond acceptors (Lipinski definition) is 1. The Balaban J connectivity index is 2.60. The van der Waals surface area contributed by atoms with E-state index in [1.165, 1.54) is 25.7 Å². The van der Waals surface area contributed by atoms with Crippen molar-refractivity contribution in [3.63, 3.8) is 0 Å². The Morgan fingerprint density at radius 1 is 1.58 bits per heavy atom. The van der Waals surface area contributed by atoms with Gasteiger partial charge in [-0.15, -0.1) is 0 Å². The van der Waals surface area contributed by atoms with Crippen LogP contribution in [0, 0.1) is 11.8 Å². The van der Waals surface area contributed by atoms with E-state index in [0.29, 0.717) is 11.8 Å². The molecule has 0 aliphatic heterocycles. The van der Waals surface area contributed by atoms with Crippen molar-refractivity contribution >= 4 is 6.29 Å². The van der Waals surface area contributed by atoms with Crippen molar-refractivity contribution in [3.05, 3.63) is 11.6 Å². The number of allylic oxidation sites excluding steroid dienone is 2. The molecule has 0 amide bonds. The third-order valence-electron chi connectivity index (χ3n) is 2.76. The Labute approximate surface area is 74.9 Å². The first-order valence-corrected chi connectivity index (χ1v) is 4.94. The van der Waals surface area contributed by atoms with Crippen molar-refractivity contribution in [3.8, 4) is 0 Å². The van der Waals surface area contributed by atoms with Gasteiger partial charge in [0.15, 0.2) is 0 Å². The summed E-state index contributed by atoms with van der Waals surface area (Å²) in [4.78, 5) is 10.7. The lowest BCUT2D eigenvalue weighted by Gasteiger charge is -2.23. The van der Waals surface area contributed by atoms with E-state index in [9.17, 15) is 4.79 Å². The van der Waals surface area contributed by atoms with Crippen LogP contribution in [0.3, 0.4) is 0 Å². The van der Waals surface area contributed by atoms with Gasteiger partial charge in [0.25, 0.3) is 0 Å². The topological polar surface area (TPSA) is 17.1 Å². The van der Waals surface area contributed by atoms with Gasteiger partial charge < -0.3 is 0 Å². The normalized spacial score (nSPS) is 29.7. The van der Waals surface area contributed by atoms with Gasteiger partial charge in [-0.2, -0.15) is 0 Å². The van der Waals surface area contributed by atoms with Crippen molar-refractivity contribution in [2.24, 2.45) is 11.8 Å². The third kappa shape index (κ3) is 2.20. The maximum Gasteiger partial charge on any atom is 0.145 e. The first-order chi connectivity index (χ1) is 5.77. The highest BCUT2D eigenvalue weighted by atomic mass is 16.1. The summed E-state index contributed by atoms with van der Waals surface area (Å²) in [6.07, 6.45) is 8.14. The van der Waals surface area contributed by atoms with Crippen LogP contribution in [0.5, 0.6) is 0 Å². The van der Waals surface area contributed by atoms with Crippen molar-refractivity contribution < 1.29 is 4.79 Å². The standard InChI is InChI=1S/C11H18O/c1-3-4-10-6-5-9(2)11(7-10)8-12/h7-10H,3-6H2,1-2H3. The highest BCUT2D eigenvalue weighted by Gasteiger charge is 2.18. The lowest BCUT2D eigenvalue weighted by atomic mass is 9.82. The minimum atomic E-state index is 0.496. The van der Waals surface area contributed by atoms with Gasteiger partial charge in [0, 0.05) is 0 Å². The van der Waals surface area contributed by atoms with Crippen LogP contribution in [0.2, 0.25) is 0 Å². The summed E-state index contributed by atoms with van der Waals surface area (Å²) >= 11 is 0. The Morgan fingerprint density at radius 3 is 2.92 bits per heavy atom. The monoisotopic (exact) mass is 166 g/mol. The van der Waals surface area contributed by atoms with Crippen molar-refractivity contribution in [2.45, 2.75) is 39.5 Å². The molecular weight excluding hydrogens is 148 g/mol. The molecule has 0 fully saturated rings. The van der Waals surface area contributed by atoms with E-state index in [-0.39, 0.29) is 0 Å². The van der Waals surface area contributed by atoms with Crippen LogP contribution < -0.4 is 0 Å². The average Bonchev–Trinajstić information content (AvgIpc) is 2.09. The predicted octanol–water partition coefficient (Wildman–Crippen LogP) is 2.96. The lowest BCUT2D eigenvalue weighted by molar-refractivity contribution is -0.105. The van der Waals surface area contributed by atoms with Gasteiger partial charge in [-0.1, -0.05) is 26.3 Å². The van der Waals surface area contributed by atoms with Crippen LogP contribution in [0.4, 0.5) is 0 Å². The van der Waals surface area contributed by atoms with Gasteiger partial charge in [0.05, 0.1) is 0 Å². The molecule has 12 heavy (non-hydrogen) atoms. The molecule has 0 saturated carbocycles. The summed E-state index contributed by atoms with van der Waals surface area (Å²) in [5.74, 6) is 1.17. The molecule has 1 rings (SSSR count). The van der Waals surface area contributed by atoms with E-state index >= 15 is 0 Å². The zero-order valence-corrected chi connectivity index (χ0v) is 8.05. The molecule has 0 N–H and O–H groups in total. The Kier molecular flexibility index (Phi) is 3.51. The van der Waals surface area contributed by atoms with Gasteiger partial charge >= 0.3 is 0 Å². The maximum atomic E-state index is 10.7. The predicted molar refractivity (Wildman–Crippen MR) is 50.9 cm³/mol. The minimum Gasteiger partial charge on any atom is -0.298 e. The molecule has 0 heterocycles. The Bertz CT molecular complexity index is 181. The number of carbonyl (C=O) groups excluding carboxylic acids is 1. The van der Waals surface area contributed by atoms with Gasteiger partial charge in [0.1, 0.15) is 6.29 Å². The second-order valence-electron chi connectivity index (χ2n) is 3.81. The smallest absolute Gasteiger partial charge is 0.145 e. The Morgan fingerprint density at radius 2 is 2.33 bits per heavy atom. The van der Waals surface area contributed by atoms with Crippen LogP contribution in [-0.4, -0.2) is 6.29 Å². The zero-order valence-electron chi connectivity index (χ0n) is 8.05. The van der Waals surface area contributed by atoms with Crippen LogP contribution in [-0.2, 0) is 4.79 Å². The Hall–Kier alpha value is -0.590. The fourth-order valence-electron chi connectivity index (χ4n) is 1.90. The van der Waals surface area contributed by atoms with E-state index in [4.69, 9.17) is 0 Å². The fourth-order valence-corrected chi connectivity index (χ4v) is 1.90. The first-order valence-electron chi connectivity index (χ1n) is 4.94. The molecule has 2 atom stereocenters. The van der Waals surface area contributed by atoms with Crippen LogP contribution in [0.1, 0.15) is 39.5 Å². The van der Waals surface area contributed by atoms with E-state index < -0.39 is 0 Å². The van der Waals surface area contributed by atoms with Crippen molar-refractivity contribution in [2.75, 3.05) is 0 Å². The number of rotatable bonds is 3. The molecule has 1 heteroatoms. The number of carbonyl (C=O) groups is 1. The quantitative estimate of drug-likeness (QED) is 0.589. The summed E-state index contributed by atoms with van der Waals surface area (Å²) in [6, 6.07) is 0. The second-order valence-corrected chi connectivity index (χ2v) is 3.81. The molecule has 0 spiro atoms. The molecule has 1 nitrogen and oxygen atoms in total. The maximum absolute atomic E-state index is 10.7. The van der Waals surface area contributed by atoms with Crippen LogP contribution in [0.25, 0.3) is 0 Å². The first kappa shape index (κ1) is 9.50. The molecule has 0 aromatic heterocycles. The van der Waals surface area contributed by atoms with Gasteiger partial charge in [-0.3, -0.25) is 4.79 Å². The molecule has 2 unspecified atom stereocenters. The van der Waals surface area contributed by atoms with Gasteiger partial charge in [0.2, 0.25) is 0 Å². The van der Waals surface area contributed by atoms with Crippen molar-refractivity contribution in [1.29, 1.82) is 0 Å². The van der Waals surface area contributed by atoms with Crippen molar-refractivity contribution in [1.82, 2.24) is 0 Å². The SMILES string of the molecule is CCCC1C=C(C=O)C(C)CC1. The van der Waals surface area contributed by atoms with E-state index in [0.717, 1.165) is 11.9 Å². The summed E-state index contributed by atoms with van der Waals surface area (Å²) in [5.41, 5.74) is 1.03. The molecule has 0 bridgehead atoms. The minimum absolute atomic E-state index is 0.496. The summed E-state index contributed by atoms with van der Waals surface area (Å²) in [7, 11) is 0. The molecular formula is C11H18O. The zero-order chi connectivity index (χ0) is 8.97. The molecule has 0 radical (unpaired) electrons. The molecule has 0 aromatic carbocycles. The third-order valence-corrected chi connectivity index (χ3v) is 2.76. The fraction of sp³-hybridized carbons (Fsp3) is 0.727. The largest absolute Gasteiger partial charge is 0.298 e. The summed E-state index contributed by atoms with van der Waals surface area (Å²) < 4.78 is 0. The van der Waals surface area contributed by atoms with Crippen LogP contribution >= 0.6 is 0 Å². The van der Waals surface area contributed by atoms with E-state index in [1.807, 2.05) is 0 Å². The molecule has 1 aliphatic carbocycles. The highest BCUT2D eigenvalue weighted by molar-refractivity contribution is 5.74. The average molecular weight is 166 g/mol. The number of aldehydes is 1. The molecule has 68 valence electrons. The molecule has 1 aliphatic rings. The number of hydrogen-bond donors (Lipinski definition) is 0. The summed E-state index contributed by atoms with van der Waals surface area (Å²) in [6.45, 7) is 4.34. The van der Waals surface area contributed by atoms with Gasteiger partial charge in [-0.05, 0) is 36.7 Å². The second kappa shape index (κ2) is 4.44. The summed E-state index contributed by atoms with van der Waals surface area (Å²) in [5, 5.41) is 0. The lowest BCUT2D eigenvalue weighted by Crippen LogP contribution is -2.12. The molecule has 0 aromatic rings.